The smallest absolute Gasteiger partial charge is 0.147 e. The van der Waals surface area contributed by atoms with E-state index in [-0.39, 0.29) is 16.3 Å². The molecule has 0 aliphatic rings. The van der Waals surface area contributed by atoms with Gasteiger partial charge in [-0.1, -0.05) is 57.9 Å². The van der Waals surface area contributed by atoms with E-state index in [1.54, 1.807) is 12.2 Å². The minimum atomic E-state index is -0.310. The zero-order chi connectivity index (χ0) is 27.6. The standard InChI is InChI=1S/C27H30Br6O4/c1-5-7-34-14-19(29)15-36-25-21(30)9-17(10-22(25)31)27(3,4)18-11-23(32)26(24(33)12-18)37-16-20(13-28)35-8-6-2/h5-6,9-12,19-20H,1-2,7-8,13-16H2,3-4H3. The Morgan fingerprint density at radius 2 is 1.24 bits per heavy atom. The summed E-state index contributed by atoms with van der Waals surface area (Å²) >= 11 is 21.9. The molecule has 10 heteroatoms. The molecule has 0 fully saturated rings. The summed E-state index contributed by atoms with van der Waals surface area (Å²) < 4.78 is 26.8. The summed E-state index contributed by atoms with van der Waals surface area (Å²) in [5.41, 5.74) is 1.92. The van der Waals surface area contributed by atoms with Gasteiger partial charge in [0.05, 0.1) is 42.5 Å². The molecule has 0 bridgehead atoms. The number of hydrogen-bond acceptors (Lipinski definition) is 4. The lowest BCUT2D eigenvalue weighted by atomic mass is 9.78. The molecular formula is C27H30Br6O4. The van der Waals surface area contributed by atoms with Gasteiger partial charge in [0, 0.05) is 10.7 Å². The summed E-state index contributed by atoms with van der Waals surface area (Å²) in [4.78, 5) is 0.0659. The Labute approximate surface area is 270 Å². The van der Waals surface area contributed by atoms with Gasteiger partial charge in [-0.15, -0.1) is 13.2 Å². The Hall–Kier alpha value is 0.320. The summed E-state index contributed by atoms with van der Waals surface area (Å²) in [6.07, 6.45) is 3.38. The van der Waals surface area contributed by atoms with Crippen LogP contribution < -0.4 is 9.47 Å². The van der Waals surface area contributed by atoms with Crippen LogP contribution >= 0.6 is 95.6 Å². The highest BCUT2D eigenvalue weighted by molar-refractivity contribution is 9.11. The van der Waals surface area contributed by atoms with E-state index >= 15 is 0 Å². The maximum absolute atomic E-state index is 6.09. The molecule has 0 amide bonds. The van der Waals surface area contributed by atoms with Crippen LogP contribution in [0.25, 0.3) is 0 Å². The van der Waals surface area contributed by atoms with E-state index in [0.717, 1.165) is 40.5 Å². The Balaban J connectivity index is 2.20. The third-order valence-electron chi connectivity index (χ3n) is 5.42. The maximum Gasteiger partial charge on any atom is 0.147 e. The van der Waals surface area contributed by atoms with Gasteiger partial charge in [-0.05, 0) is 99.1 Å². The van der Waals surface area contributed by atoms with E-state index in [0.29, 0.717) is 38.4 Å². The minimum absolute atomic E-state index is 0.0659. The van der Waals surface area contributed by atoms with Gasteiger partial charge >= 0.3 is 0 Å². The molecule has 0 aliphatic carbocycles. The molecule has 4 nitrogen and oxygen atoms in total. The van der Waals surface area contributed by atoms with Gasteiger partial charge in [-0.3, -0.25) is 0 Å². The quantitative estimate of drug-likeness (QED) is 0.0957. The molecule has 2 aromatic rings. The lowest BCUT2D eigenvalue weighted by molar-refractivity contribution is 0.0529. The van der Waals surface area contributed by atoms with Crippen molar-refractivity contribution in [2.45, 2.75) is 30.2 Å². The van der Waals surface area contributed by atoms with Crippen LogP contribution in [-0.2, 0) is 14.9 Å². The highest BCUT2D eigenvalue weighted by Crippen LogP contribution is 2.44. The van der Waals surface area contributed by atoms with Crippen molar-refractivity contribution in [3.63, 3.8) is 0 Å². The fraction of sp³-hybridized carbons (Fsp3) is 0.407. The van der Waals surface area contributed by atoms with Gasteiger partial charge in [0.25, 0.3) is 0 Å². The maximum atomic E-state index is 6.09. The molecule has 0 aliphatic heterocycles. The van der Waals surface area contributed by atoms with E-state index in [1.807, 2.05) is 0 Å². The van der Waals surface area contributed by atoms with Crippen LogP contribution in [-0.4, -0.2) is 49.3 Å². The second-order valence-corrected chi connectivity index (χ2v) is 14.0. The number of halogens is 6. The molecule has 0 aromatic heterocycles. The fourth-order valence-electron chi connectivity index (χ4n) is 3.30. The monoisotopic (exact) mass is 892 g/mol. The zero-order valence-corrected chi connectivity index (χ0v) is 30.2. The molecule has 204 valence electrons. The predicted octanol–water partition coefficient (Wildman–Crippen LogP) is 9.75. The predicted molar refractivity (Wildman–Crippen MR) is 174 cm³/mol. The molecule has 0 heterocycles. The van der Waals surface area contributed by atoms with Crippen molar-refractivity contribution in [3.8, 4) is 11.5 Å². The van der Waals surface area contributed by atoms with Crippen molar-refractivity contribution in [1.82, 2.24) is 0 Å². The normalized spacial score (nSPS) is 13.2. The van der Waals surface area contributed by atoms with Gasteiger partial charge in [0.15, 0.2) is 0 Å². The van der Waals surface area contributed by atoms with Crippen molar-refractivity contribution >= 4 is 95.6 Å². The van der Waals surface area contributed by atoms with Gasteiger partial charge in [-0.2, -0.15) is 0 Å². The molecular weight excluding hydrogens is 868 g/mol. The largest absolute Gasteiger partial charge is 0.490 e. The molecule has 2 rings (SSSR count). The van der Waals surface area contributed by atoms with Crippen LogP contribution in [0.3, 0.4) is 0 Å². The summed E-state index contributed by atoms with van der Waals surface area (Å²) in [6, 6.07) is 8.39. The molecule has 2 atom stereocenters. The van der Waals surface area contributed by atoms with Crippen molar-refractivity contribution in [3.05, 3.63) is 78.6 Å². The summed E-state index contributed by atoms with van der Waals surface area (Å²) in [5.74, 6) is 1.49. The lowest BCUT2D eigenvalue weighted by Gasteiger charge is -2.28. The number of hydrogen-bond donors (Lipinski definition) is 0. The zero-order valence-electron chi connectivity index (χ0n) is 20.7. The Kier molecular flexibility index (Phi) is 15.0. The second-order valence-electron chi connectivity index (χ2n) is 8.61. The van der Waals surface area contributed by atoms with Gasteiger partial charge < -0.3 is 18.9 Å². The van der Waals surface area contributed by atoms with Crippen molar-refractivity contribution in [1.29, 1.82) is 0 Å². The first-order valence-electron chi connectivity index (χ1n) is 11.4. The van der Waals surface area contributed by atoms with E-state index in [2.05, 4.69) is 147 Å². The van der Waals surface area contributed by atoms with E-state index in [1.165, 1.54) is 0 Å². The summed E-state index contributed by atoms with van der Waals surface area (Å²) in [5, 5.41) is 0.671. The number of alkyl halides is 2. The average Bonchev–Trinajstić information content (AvgIpc) is 2.84. The lowest BCUT2D eigenvalue weighted by Crippen LogP contribution is -2.24. The second kappa shape index (κ2) is 16.6. The molecule has 37 heavy (non-hydrogen) atoms. The molecule has 0 saturated carbocycles. The SMILES string of the molecule is C=CCOCC(Br)COc1c(Br)cc(C(C)(C)c2cc(Br)c(OCC(CBr)OCC=C)c(Br)c2)cc1Br. The highest BCUT2D eigenvalue weighted by Gasteiger charge is 2.27. The first-order valence-corrected chi connectivity index (χ1v) is 16.6. The highest BCUT2D eigenvalue weighted by atomic mass is 79.9. The van der Waals surface area contributed by atoms with Crippen molar-refractivity contribution in [2.24, 2.45) is 0 Å². The fourth-order valence-corrected chi connectivity index (χ4v) is 6.83. The Morgan fingerprint density at radius 1 is 0.784 bits per heavy atom. The van der Waals surface area contributed by atoms with Gasteiger partial charge in [-0.25, -0.2) is 0 Å². The first-order chi connectivity index (χ1) is 17.5. The molecule has 0 saturated heterocycles. The third-order valence-corrected chi connectivity index (χ3v) is 9.03. The first kappa shape index (κ1) is 33.5. The van der Waals surface area contributed by atoms with Crippen LogP contribution in [0.15, 0.2) is 67.5 Å². The van der Waals surface area contributed by atoms with Crippen LogP contribution in [0.1, 0.15) is 25.0 Å². The average molecular weight is 898 g/mol. The Bertz CT molecular complexity index is 1010. The van der Waals surface area contributed by atoms with Gasteiger partial charge in [0.1, 0.15) is 30.8 Å². The van der Waals surface area contributed by atoms with Crippen LogP contribution in [0.5, 0.6) is 11.5 Å². The Morgan fingerprint density at radius 3 is 1.68 bits per heavy atom. The van der Waals surface area contributed by atoms with Crippen LogP contribution in [0, 0.1) is 0 Å². The van der Waals surface area contributed by atoms with Gasteiger partial charge in [0.2, 0.25) is 0 Å². The summed E-state index contributed by atoms with van der Waals surface area (Å²) in [6.45, 7) is 14.1. The number of rotatable bonds is 16. The molecule has 2 unspecified atom stereocenters. The number of benzene rings is 2. The van der Waals surface area contributed by atoms with E-state index in [4.69, 9.17) is 18.9 Å². The van der Waals surface area contributed by atoms with E-state index in [9.17, 15) is 0 Å². The van der Waals surface area contributed by atoms with Crippen molar-refractivity contribution in [2.75, 3.05) is 38.4 Å². The van der Waals surface area contributed by atoms with Crippen LogP contribution in [0.4, 0.5) is 0 Å². The number of ether oxygens (including phenoxy) is 4. The molecule has 0 N–H and O–H groups in total. The summed E-state index contributed by atoms with van der Waals surface area (Å²) in [7, 11) is 0. The van der Waals surface area contributed by atoms with E-state index < -0.39 is 0 Å². The van der Waals surface area contributed by atoms with Crippen LogP contribution in [0.2, 0.25) is 0 Å². The van der Waals surface area contributed by atoms with Crippen molar-refractivity contribution < 1.29 is 18.9 Å². The minimum Gasteiger partial charge on any atom is -0.490 e. The molecule has 0 radical (unpaired) electrons. The topological polar surface area (TPSA) is 36.9 Å². The third kappa shape index (κ3) is 10.0. The molecule has 2 aromatic carbocycles. The molecule has 0 spiro atoms.